The van der Waals surface area contributed by atoms with E-state index >= 15 is 0 Å². The van der Waals surface area contributed by atoms with Crippen LogP contribution < -0.4 is 10.5 Å². The van der Waals surface area contributed by atoms with Crippen LogP contribution in [0.15, 0.2) is 46.0 Å². The first-order valence-corrected chi connectivity index (χ1v) is 10.4. The Hall–Kier alpha value is -2.23. The van der Waals surface area contributed by atoms with Crippen molar-refractivity contribution < 1.29 is 22.7 Å². The van der Waals surface area contributed by atoms with Gasteiger partial charge in [-0.3, -0.25) is 9.59 Å². The van der Waals surface area contributed by atoms with Crippen molar-refractivity contribution in [1.82, 2.24) is 5.32 Å². The van der Waals surface area contributed by atoms with E-state index in [2.05, 4.69) is 5.32 Å². The highest BCUT2D eigenvalue weighted by atomic mass is 32.2. The molecule has 2 aromatic rings. The number of hydrogen-bond donors (Lipinski definition) is 2. The van der Waals surface area contributed by atoms with Crippen molar-refractivity contribution in [1.29, 1.82) is 0 Å². The molecule has 1 aromatic carbocycles. The lowest BCUT2D eigenvalue weighted by molar-refractivity contribution is -0.148. The fourth-order valence-electron chi connectivity index (χ4n) is 2.14. The van der Waals surface area contributed by atoms with Gasteiger partial charge in [0.15, 0.2) is 6.61 Å². The Labute approximate surface area is 156 Å². The molecule has 1 amide bonds. The van der Waals surface area contributed by atoms with E-state index < -0.39 is 16.0 Å². The lowest BCUT2D eigenvalue weighted by Gasteiger charge is -2.07. The molecule has 0 bridgehead atoms. The zero-order chi connectivity index (χ0) is 19.0. The normalized spacial score (nSPS) is 11.1. The van der Waals surface area contributed by atoms with Gasteiger partial charge >= 0.3 is 5.97 Å². The monoisotopic (exact) mass is 396 g/mol. The molecule has 0 unspecified atom stereocenters. The van der Waals surface area contributed by atoms with Crippen LogP contribution in [0.3, 0.4) is 0 Å². The van der Waals surface area contributed by atoms with Crippen LogP contribution in [-0.4, -0.2) is 33.4 Å². The van der Waals surface area contributed by atoms with Crippen molar-refractivity contribution in [2.45, 2.75) is 24.2 Å². The molecule has 0 atom stereocenters. The molecule has 0 saturated heterocycles. The minimum Gasteiger partial charge on any atom is -0.456 e. The number of nitrogens with one attached hydrogen (secondary N) is 1. The molecule has 7 nitrogen and oxygen atoms in total. The van der Waals surface area contributed by atoms with E-state index in [9.17, 15) is 18.0 Å². The number of carbonyl (C=O) groups excluding carboxylic acids is 2. The summed E-state index contributed by atoms with van der Waals surface area (Å²) in [5.74, 6) is -0.792. The molecule has 0 aliphatic heterocycles. The molecular weight excluding hydrogens is 376 g/mol. The topological polar surface area (TPSA) is 116 Å². The molecular formula is C17H20N2O5S2. The highest BCUT2D eigenvalue weighted by Crippen LogP contribution is 2.09. The summed E-state index contributed by atoms with van der Waals surface area (Å²) in [6.07, 6.45) is 1.35. The van der Waals surface area contributed by atoms with E-state index in [4.69, 9.17) is 9.88 Å². The minimum atomic E-state index is -3.71. The van der Waals surface area contributed by atoms with Gasteiger partial charge in [0, 0.05) is 13.0 Å². The average Bonchev–Trinajstić information content (AvgIpc) is 3.11. The fraction of sp³-hybridized carbons (Fsp3) is 0.294. The summed E-state index contributed by atoms with van der Waals surface area (Å²) in [5.41, 5.74) is 1.93. The van der Waals surface area contributed by atoms with Crippen LogP contribution in [0.25, 0.3) is 0 Å². The van der Waals surface area contributed by atoms with Gasteiger partial charge in [0.2, 0.25) is 10.0 Å². The Morgan fingerprint density at radius 2 is 1.81 bits per heavy atom. The summed E-state index contributed by atoms with van der Waals surface area (Å²) in [6.45, 7) is 0.0346. The maximum atomic E-state index is 11.7. The van der Waals surface area contributed by atoms with Crippen molar-refractivity contribution >= 4 is 33.2 Å². The molecule has 9 heteroatoms. The van der Waals surface area contributed by atoms with Crippen molar-refractivity contribution in [2.75, 3.05) is 13.2 Å². The van der Waals surface area contributed by atoms with Gasteiger partial charge in [-0.05, 0) is 52.9 Å². The molecule has 0 radical (unpaired) electrons. The van der Waals surface area contributed by atoms with Gasteiger partial charge in [0.1, 0.15) is 0 Å². The third kappa shape index (κ3) is 6.95. The van der Waals surface area contributed by atoms with Crippen molar-refractivity contribution in [3.8, 4) is 0 Å². The van der Waals surface area contributed by atoms with Crippen LogP contribution in [0, 0.1) is 0 Å². The number of aryl methyl sites for hydroxylation is 1. The average molecular weight is 396 g/mol. The summed E-state index contributed by atoms with van der Waals surface area (Å²) in [7, 11) is -3.71. The van der Waals surface area contributed by atoms with Crippen LogP contribution in [0.5, 0.6) is 0 Å². The zero-order valence-electron chi connectivity index (χ0n) is 14.0. The molecule has 0 fully saturated rings. The molecule has 0 aliphatic rings. The predicted molar refractivity (Wildman–Crippen MR) is 98.1 cm³/mol. The second kappa shape index (κ2) is 9.46. The Balaban J connectivity index is 1.63. The first kappa shape index (κ1) is 20.1. The highest BCUT2D eigenvalue weighted by molar-refractivity contribution is 7.89. The molecule has 1 aromatic heterocycles. The maximum Gasteiger partial charge on any atom is 0.306 e. The molecule has 140 valence electrons. The van der Waals surface area contributed by atoms with Gasteiger partial charge in [-0.15, -0.1) is 0 Å². The zero-order valence-corrected chi connectivity index (χ0v) is 15.6. The quantitative estimate of drug-likeness (QED) is 0.619. The first-order chi connectivity index (χ1) is 12.3. The van der Waals surface area contributed by atoms with E-state index in [0.29, 0.717) is 19.4 Å². The maximum absolute atomic E-state index is 11.7. The lowest BCUT2D eigenvalue weighted by Crippen LogP contribution is -2.30. The van der Waals surface area contributed by atoms with Crippen LogP contribution >= 0.6 is 11.3 Å². The number of sulfonamides is 1. The van der Waals surface area contributed by atoms with E-state index in [1.165, 1.54) is 12.1 Å². The van der Waals surface area contributed by atoms with Gasteiger partial charge in [0.05, 0.1) is 4.90 Å². The van der Waals surface area contributed by atoms with Crippen molar-refractivity contribution in [2.24, 2.45) is 5.14 Å². The summed E-state index contributed by atoms with van der Waals surface area (Å²) in [6, 6.07) is 8.05. The lowest BCUT2D eigenvalue weighted by atomic mass is 10.1. The number of benzene rings is 1. The van der Waals surface area contributed by atoms with Crippen molar-refractivity contribution in [3.05, 3.63) is 52.2 Å². The number of ether oxygens (including phenoxy) is 1. The SMILES string of the molecule is NS(=O)(=O)c1ccc(CCNC(=O)COC(=O)CCc2ccsc2)cc1. The van der Waals surface area contributed by atoms with E-state index in [1.807, 2.05) is 16.8 Å². The fourth-order valence-corrected chi connectivity index (χ4v) is 3.36. The molecule has 0 saturated carbocycles. The van der Waals surface area contributed by atoms with E-state index in [1.54, 1.807) is 23.5 Å². The van der Waals surface area contributed by atoms with Gasteiger partial charge in [0.25, 0.3) is 5.91 Å². The second-order valence-corrected chi connectivity index (χ2v) is 7.92. The third-order valence-electron chi connectivity index (χ3n) is 3.55. The van der Waals surface area contributed by atoms with E-state index in [-0.39, 0.29) is 23.8 Å². The smallest absolute Gasteiger partial charge is 0.306 e. The van der Waals surface area contributed by atoms with Crippen molar-refractivity contribution in [3.63, 3.8) is 0 Å². The summed E-state index contributed by atoms with van der Waals surface area (Å²) in [5, 5.41) is 11.6. The van der Waals surface area contributed by atoms with Gasteiger partial charge < -0.3 is 10.1 Å². The number of rotatable bonds is 9. The molecule has 1 heterocycles. The first-order valence-electron chi connectivity index (χ1n) is 7.90. The Morgan fingerprint density at radius 3 is 2.42 bits per heavy atom. The number of thiophene rings is 1. The standard InChI is InChI=1S/C17H20N2O5S2/c18-26(22,23)15-4-1-13(2-5-15)7-9-19-16(20)11-24-17(21)6-3-14-8-10-25-12-14/h1-2,4-5,8,10,12H,3,6-7,9,11H2,(H,19,20)(H2,18,22,23). The summed E-state index contributed by atoms with van der Waals surface area (Å²) >= 11 is 1.57. The number of primary sulfonamides is 1. The number of carbonyl (C=O) groups is 2. The summed E-state index contributed by atoms with van der Waals surface area (Å²) < 4.78 is 27.3. The number of hydrogen-bond acceptors (Lipinski definition) is 6. The Morgan fingerprint density at radius 1 is 1.08 bits per heavy atom. The van der Waals surface area contributed by atoms with E-state index in [0.717, 1.165) is 11.1 Å². The highest BCUT2D eigenvalue weighted by Gasteiger charge is 2.09. The molecule has 26 heavy (non-hydrogen) atoms. The number of nitrogens with two attached hydrogens (primary N) is 1. The Bertz CT molecular complexity index is 831. The largest absolute Gasteiger partial charge is 0.456 e. The van der Waals surface area contributed by atoms with Crippen LogP contribution in [-0.2, 0) is 37.2 Å². The van der Waals surface area contributed by atoms with Crippen LogP contribution in [0.1, 0.15) is 17.5 Å². The van der Waals surface area contributed by atoms with Gasteiger partial charge in [-0.25, -0.2) is 13.6 Å². The van der Waals surface area contributed by atoms with Gasteiger partial charge in [-0.1, -0.05) is 12.1 Å². The third-order valence-corrected chi connectivity index (χ3v) is 5.21. The molecule has 0 aliphatic carbocycles. The molecule has 2 rings (SSSR count). The molecule has 0 spiro atoms. The second-order valence-electron chi connectivity index (χ2n) is 5.58. The Kier molecular flexibility index (Phi) is 7.31. The van der Waals surface area contributed by atoms with Crippen LogP contribution in [0.4, 0.5) is 0 Å². The predicted octanol–water partition coefficient (Wildman–Crippen LogP) is 1.23. The number of esters is 1. The van der Waals surface area contributed by atoms with Crippen LogP contribution in [0.2, 0.25) is 0 Å². The summed E-state index contributed by atoms with van der Waals surface area (Å²) in [4.78, 5) is 23.3. The minimum absolute atomic E-state index is 0.0413. The number of amides is 1. The van der Waals surface area contributed by atoms with Gasteiger partial charge in [-0.2, -0.15) is 11.3 Å². The molecule has 3 N–H and O–H groups in total.